The molecule has 3 aromatic rings. The van der Waals surface area contributed by atoms with Gasteiger partial charge in [0.25, 0.3) is 5.91 Å². The van der Waals surface area contributed by atoms with E-state index in [0.717, 1.165) is 28.5 Å². The van der Waals surface area contributed by atoms with Gasteiger partial charge in [-0.05, 0) is 58.3 Å². The average Bonchev–Trinajstić information content (AvgIpc) is 3.16. The lowest BCUT2D eigenvalue weighted by atomic mass is 9.98. The van der Waals surface area contributed by atoms with Crippen LogP contribution in [0.15, 0.2) is 47.1 Å². The average molecular weight is 459 g/mol. The van der Waals surface area contributed by atoms with Gasteiger partial charge in [0.2, 0.25) is 0 Å². The molecule has 0 bridgehead atoms. The van der Waals surface area contributed by atoms with Gasteiger partial charge < -0.3 is 19.4 Å². The number of H-pyrrole nitrogens is 1. The molecule has 0 spiro atoms. The molecule has 1 aromatic heterocycles. The van der Waals surface area contributed by atoms with Gasteiger partial charge in [-0.15, -0.1) is 0 Å². The second-order valence-corrected chi connectivity index (χ2v) is 7.61. The van der Waals surface area contributed by atoms with Crippen LogP contribution in [0.2, 0.25) is 0 Å². The van der Waals surface area contributed by atoms with Crippen molar-refractivity contribution in [2.75, 3.05) is 27.3 Å². The molecular weight excluding hydrogens is 439 g/mol. The number of carbonyl (C=O) groups is 1. The molecule has 1 aliphatic heterocycles. The van der Waals surface area contributed by atoms with Crippen molar-refractivity contribution in [2.45, 2.75) is 6.42 Å². The fourth-order valence-electron chi connectivity index (χ4n) is 3.64. The summed E-state index contributed by atoms with van der Waals surface area (Å²) in [4.78, 5) is 17.9. The van der Waals surface area contributed by atoms with E-state index in [9.17, 15) is 9.18 Å². The number of halogens is 2. The highest BCUT2D eigenvalue weighted by molar-refractivity contribution is 9.10. The Morgan fingerprint density at radius 2 is 1.90 bits per heavy atom. The van der Waals surface area contributed by atoms with Gasteiger partial charge in [0, 0.05) is 41.3 Å². The summed E-state index contributed by atoms with van der Waals surface area (Å²) in [6, 6.07) is 8.17. The van der Waals surface area contributed by atoms with Gasteiger partial charge in [-0.3, -0.25) is 4.79 Å². The van der Waals surface area contributed by atoms with Crippen molar-refractivity contribution in [3.63, 3.8) is 0 Å². The first-order valence-electron chi connectivity index (χ1n) is 9.18. The third kappa shape index (κ3) is 3.62. The van der Waals surface area contributed by atoms with Crippen LogP contribution >= 0.6 is 15.9 Å². The molecule has 0 saturated carbocycles. The zero-order chi connectivity index (χ0) is 20.5. The van der Waals surface area contributed by atoms with Crippen LogP contribution in [0.1, 0.15) is 22.3 Å². The summed E-state index contributed by atoms with van der Waals surface area (Å²) < 4.78 is 24.8. The van der Waals surface area contributed by atoms with Crippen LogP contribution in [-0.2, 0) is 0 Å². The molecule has 2 heterocycles. The van der Waals surface area contributed by atoms with E-state index in [1.165, 1.54) is 12.1 Å². The highest BCUT2D eigenvalue weighted by Gasteiger charge is 2.23. The molecule has 0 unspecified atom stereocenters. The molecule has 150 valence electrons. The monoisotopic (exact) mass is 458 g/mol. The summed E-state index contributed by atoms with van der Waals surface area (Å²) in [5, 5.41) is 0.986. The molecule has 0 radical (unpaired) electrons. The Bertz CT molecular complexity index is 1100. The lowest BCUT2D eigenvalue weighted by molar-refractivity contribution is 0.0772. The number of amides is 1. The number of methoxy groups -OCH3 is 2. The van der Waals surface area contributed by atoms with Crippen molar-refractivity contribution in [3.05, 3.63) is 64.0 Å². The summed E-state index contributed by atoms with van der Waals surface area (Å²) in [6.07, 6.45) is 4.68. The topological polar surface area (TPSA) is 54.6 Å². The number of carbonyl (C=O) groups excluding carboxylic acids is 1. The molecular formula is C22H20BrFN2O3. The van der Waals surface area contributed by atoms with Crippen LogP contribution in [0.4, 0.5) is 4.39 Å². The molecule has 4 rings (SSSR count). The number of fused-ring (bicyclic) bond motifs is 1. The fourth-order valence-corrected chi connectivity index (χ4v) is 4.19. The summed E-state index contributed by atoms with van der Waals surface area (Å²) in [7, 11) is 3.10. The van der Waals surface area contributed by atoms with Gasteiger partial charge in [0.1, 0.15) is 21.8 Å². The first kappa shape index (κ1) is 19.5. The molecule has 2 aromatic carbocycles. The van der Waals surface area contributed by atoms with Crippen LogP contribution in [0.3, 0.4) is 0 Å². The van der Waals surface area contributed by atoms with Gasteiger partial charge in [0.15, 0.2) is 0 Å². The minimum absolute atomic E-state index is 0.0783. The number of aromatic nitrogens is 1. The number of ether oxygens (including phenoxy) is 2. The van der Waals surface area contributed by atoms with E-state index in [1.807, 2.05) is 6.20 Å². The summed E-state index contributed by atoms with van der Waals surface area (Å²) in [6.45, 7) is 1.10. The Balaban J connectivity index is 1.57. The summed E-state index contributed by atoms with van der Waals surface area (Å²) >= 11 is 3.42. The lowest BCUT2D eigenvalue weighted by Crippen LogP contribution is -2.34. The maximum atomic E-state index is 13.4. The third-order valence-electron chi connectivity index (χ3n) is 5.18. The first-order valence-corrected chi connectivity index (χ1v) is 9.98. The number of rotatable bonds is 4. The standard InChI is InChI=1S/C22H20BrFN2O3/c1-28-19-9-14(10-20(29-2)21(19)23)22(27)26-7-5-13(6-8-26)17-12-25-18-11-15(24)3-4-16(17)18/h3-5,9-12,25H,6-8H2,1-2H3. The zero-order valence-corrected chi connectivity index (χ0v) is 17.7. The van der Waals surface area contributed by atoms with Crippen LogP contribution in [-0.4, -0.2) is 43.1 Å². The SMILES string of the molecule is COc1cc(C(=O)N2CC=C(c3c[nH]c4cc(F)ccc34)CC2)cc(OC)c1Br. The molecule has 0 atom stereocenters. The van der Waals surface area contributed by atoms with E-state index in [4.69, 9.17) is 9.47 Å². The number of hydrogen-bond acceptors (Lipinski definition) is 3. The molecule has 5 nitrogen and oxygen atoms in total. The van der Waals surface area contributed by atoms with E-state index >= 15 is 0 Å². The molecule has 1 N–H and O–H groups in total. The highest BCUT2D eigenvalue weighted by Crippen LogP contribution is 2.36. The number of benzene rings is 2. The van der Waals surface area contributed by atoms with Crippen LogP contribution in [0.5, 0.6) is 11.5 Å². The van der Waals surface area contributed by atoms with Crippen LogP contribution in [0.25, 0.3) is 16.5 Å². The minimum atomic E-state index is -0.263. The largest absolute Gasteiger partial charge is 0.495 e. The van der Waals surface area contributed by atoms with Crippen molar-refractivity contribution >= 4 is 38.3 Å². The fraction of sp³-hybridized carbons (Fsp3) is 0.227. The molecule has 1 amide bonds. The molecule has 1 aliphatic rings. The number of nitrogens with one attached hydrogen (secondary N) is 1. The Hall–Kier alpha value is -2.80. The van der Waals surface area contributed by atoms with E-state index < -0.39 is 0 Å². The molecule has 0 aliphatic carbocycles. The van der Waals surface area contributed by atoms with E-state index in [1.54, 1.807) is 37.3 Å². The summed E-state index contributed by atoms with van der Waals surface area (Å²) in [5.41, 5.74) is 3.49. The van der Waals surface area contributed by atoms with Crippen molar-refractivity contribution in [3.8, 4) is 11.5 Å². The van der Waals surface area contributed by atoms with Crippen molar-refractivity contribution in [1.82, 2.24) is 9.88 Å². The van der Waals surface area contributed by atoms with E-state index in [-0.39, 0.29) is 11.7 Å². The van der Waals surface area contributed by atoms with Crippen LogP contribution in [0, 0.1) is 5.82 Å². The maximum Gasteiger partial charge on any atom is 0.254 e. The third-order valence-corrected chi connectivity index (χ3v) is 5.96. The second-order valence-electron chi connectivity index (χ2n) is 6.82. The Morgan fingerprint density at radius 3 is 2.52 bits per heavy atom. The number of nitrogens with zero attached hydrogens (tertiary/aromatic N) is 1. The van der Waals surface area contributed by atoms with Gasteiger partial charge >= 0.3 is 0 Å². The smallest absolute Gasteiger partial charge is 0.254 e. The quantitative estimate of drug-likeness (QED) is 0.597. The summed E-state index contributed by atoms with van der Waals surface area (Å²) in [5.74, 6) is 0.755. The number of aromatic amines is 1. The molecule has 0 saturated heterocycles. The second kappa shape index (κ2) is 7.91. The Labute approximate surface area is 176 Å². The maximum absolute atomic E-state index is 13.4. The highest BCUT2D eigenvalue weighted by atomic mass is 79.9. The molecule has 7 heteroatoms. The van der Waals surface area contributed by atoms with Crippen molar-refractivity contribution < 1.29 is 18.7 Å². The Morgan fingerprint density at radius 1 is 1.17 bits per heavy atom. The predicted octanol–water partition coefficient (Wildman–Crippen LogP) is 5.02. The van der Waals surface area contributed by atoms with Gasteiger partial charge in [-0.1, -0.05) is 6.08 Å². The van der Waals surface area contributed by atoms with Crippen molar-refractivity contribution in [1.29, 1.82) is 0 Å². The van der Waals surface area contributed by atoms with E-state index in [2.05, 4.69) is 27.0 Å². The van der Waals surface area contributed by atoms with Gasteiger partial charge in [-0.2, -0.15) is 0 Å². The van der Waals surface area contributed by atoms with Crippen LogP contribution < -0.4 is 9.47 Å². The van der Waals surface area contributed by atoms with Gasteiger partial charge in [-0.25, -0.2) is 4.39 Å². The molecule has 0 fully saturated rings. The Kier molecular flexibility index (Phi) is 5.32. The van der Waals surface area contributed by atoms with E-state index in [0.29, 0.717) is 34.6 Å². The lowest BCUT2D eigenvalue weighted by Gasteiger charge is -2.27. The predicted molar refractivity (Wildman–Crippen MR) is 114 cm³/mol. The van der Waals surface area contributed by atoms with Gasteiger partial charge in [0.05, 0.1) is 14.2 Å². The zero-order valence-electron chi connectivity index (χ0n) is 16.1. The molecule has 29 heavy (non-hydrogen) atoms. The first-order chi connectivity index (χ1) is 14.0. The normalized spacial score (nSPS) is 14.1. The minimum Gasteiger partial charge on any atom is -0.495 e. The van der Waals surface area contributed by atoms with Crippen molar-refractivity contribution in [2.24, 2.45) is 0 Å². The number of hydrogen-bond donors (Lipinski definition) is 1.